The van der Waals surface area contributed by atoms with Crippen LogP contribution in [0.25, 0.3) is 17.1 Å². The van der Waals surface area contributed by atoms with Gasteiger partial charge in [-0.25, -0.2) is 0 Å². The molecule has 0 spiro atoms. The van der Waals surface area contributed by atoms with Crippen molar-refractivity contribution in [3.63, 3.8) is 0 Å². The number of rotatable bonds is 7. The van der Waals surface area contributed by atoms with E-state index in [-0.39, 0.29) is 17.3 Å². The summed E-state index contributed by atoms with van der Waals surface area (Å²) in [6.45, 7) is 1.93. The van der Waals surface area contributed by atoms with E-state index in [1.165, 1.54) is 30.0 Å². The zero-order valence-electron chi connectivity index (χ0n) is 17.4. The Kier molecular flexibility index (Phi) is 6.71. The van der Waals surface area contributed by atoms with E-state index in [1.807, 2.05) is 60.0 Å². The van der Waals surface area contributed by atoms with Crippen molar-refractivity contribution < 1.29 is 9.72 Å². The number of aromatic nitrogens is 3. The lowest BCUT2D eigenvalue weighted by Gasteiger charge is -2.11. The minimum Gasteiger partial charge on any atom is -0.325 e. The zero-order valence-corrected chi connectivity index (χ0v) is 19.0. The van der Waals surface area contributed by atoms with E-state index in [0.29, 0.717) is 21.7 Å². The van der Waals surface area contributed by atoms with E-state index in [2.05, 4.69) is 15.5 Å². The minimum atomic E-state index is -0.508. The molecule has 4 rings (SSSR count). The van der Waals surface area contributed by atoms with Gasteiger partial charge in [0.15, 0.2) is 11.0 Å². The van der Waals surface area contributed by atoms with Crippen LogP contribution in [0.15, 0.2) is 78.0 Å². The quantitative estimate of drug-likeness (QED) is 0.212. The predicted octanol–water partition coefficient (Wildman–Crippen LogP) is 5.54. The van der Waals surface area contributed by atoms with Gasteiger partial charge in [-0.1, -0.05) is 59.8 Å². The normalized spacial score (nSPS) is 10.7. The summed E-state index contributed by atoms with van der Waals surface area (Å²) in [5, 5.41) is 23.4. The Balaban J connectivity index is 1.58. The lowest BCUT2D eigenvalue weighted by molar-refractivity contribution is -0.384. The van der Waals surface area contributed by atoms with E-state index in [9.17, 15) is 14.9 Å². The van der Waals surface area contributed by atoms with E-state index in [4.69, 9.17) is 11.6 Å². The summed E-state index contributed by atoms with van der Waals surface area (Å²) in [6.07, 6.45) is 0. The van der Waals surface area contributed by atoms with Crippen molar-refractivity contribution in [1.29, 1.82) is 0 Å². The number of para-hydroxylation sites is 1. The number of anilines is 1. The summed E-state index contributed by atoms with van der Waals surface area (Å²) >= 11 is 7.53. The number of non-ortho nitro benzene ring substituents is 1. The first-order valence-corrected chi connectivity index (χ1v) is 11.2. The van der Waals surface area contributed by atoms with Gasteiger partial charge in [-0.15, -0.1) is 10.2 Å². The van der Waals surface area contributed by atoms with Crippen molar-refractivity contribution in [1.82, 2.24) is 14.8 Å². The molecular formula is C23H18ClN5O3S. The minimum absolute atomic E-state index is 0.0440. The Morgan fingerprint density at radius 2 is 1.88 bits per heavy atom. The van der Waals surface area contributed by atoms with Gasteiger partial charge in [0.1, 0.15) is 0 Å². The Morgan fingerprint density at radius 3 is 2.61 bits per heavy atom. The Bertz CT molecular complexity index is 1330. The van der Waals surface area contributed by atoms with Crippen LogP contribution in [0.1, 0.15) is 5.56 Å². The number of nitrogens with zero attached hydrogens (tertiary/aromatic N) is 4. The van der Waals surface area contributed by atoms with Crippen molar-refractivity contribution in [3.8, 4) is 17.1 Å². The highest BCUT2D eigenvalue weighted by atomic mass is 35.5. The van der Waals surface area contributed by atoms with Crippen molar-refractivity contribution in [2.24, 2.45) is 0 Å². The average molecular weight is 480 g/mol. The molecule has 4 aromatic rings. The molecule has 0 aliphatic carbocycles. The summed E-state index contributed by atoms with van der Waals surface area (Å²) in [5.41, 5.74) is 2.87. The number of hydrogen-bond donors (Lipinski definition) is 1. The number of halogens is 1. The molecule has 0 saturated carbocycles. The highest BCUT2D eigenvalue weighted by Gasteiger charge is 2.18. The van der Waals surface area contributed by atoms with Crippen LogP contribution in [0.3, 0.4) is 0 Å². The molecule has 1 N–H and O–H groups in total. The third-order valence-corrected chi connectivity index (χ3v) is 6.09. The van der Waals surface area contributed by atoms with Crippen molar-refractivity contribution in [2.45, 2.75) is 12.1 Å². The van der Waals surface area contributed by atoms with Gasteiger partial charge < -0.3 is 5.32 Å². The molecule has 0 radical (unpaired) electrons. The van der Waals surface area contributed by atoms with Crippen LogP contribution >= 0.6 is 23.4 Å². The Hall–Kier alpha value is -3.69. The molecule has 0 saturated heterocycles. The second-order valence-corrected chi connectivity index (χ2v) is 8.44. The molecule has 1 amide bonds. The number of nitrogens with one attached hydrogen (secondary N) is 1. The summed E-state index contributed by atoms with van der Waals surface area (Å²) in [5.74, 6) is 0.329. The van der Waals surface area contributed by atoms with Gasteiger partial charge in [0.05, 0.1) is 10.7 Å². The molecule has 3 aromatic carbocycles. The van der Waals surface area contributed by atoms with Crippen LogP contribution in [0.4, 0.5) is 11.4 Å². The van der Waals surface area contributed by atoms with E-state index >= 15 is 0 Å². The molecule has 0 fully saturated rings. The second kappa shape index (κ2) is 9.85. The number of hydrogen-bond acceptors (Lipinski definition) is 6. The SMILES string of the molecule is Cc1ccc(-c2nnc(SCC(=O)Nc3cccc([N+](=O)[O-])c3)n2-c2ccccc2)cc1Cl. The summed E-state index contributed by atoms with van der Waals surface area (Å²) in [4.78, 5) is 22.9. The molecule has 33 heavy (non-hydrogen) atoms. The highest BCUT2D eigenvalue weighted by Crippen LogP contribution is 2.30. The molecule has 0 atom stereocenters. The molecule has 1 heterocycles. The highest BCUT2D eigenvalue weighted by molar-refractivity contribution is 7.99. The maximum absolute atomic E-state index is 12.5. The molecule has 0 unspecified atom stereocenters. The van der Waals surface area contributed by atoms with Crippen LogP contribution in [0, 0.1) is 17.0 Å². The maximum atomic E-state index is 12.5. The summed E-state index contributed by atoms with van der Waals surface area (Å²) < 4.78 is 1.87. The van der Waals surface area contributed by atoms with Crippen LogP contribution in [0.5, 0.6) is 0 Å². The van der Waals surface area contributed by atoms with Gasteiger partial charge in [-0.05, 0) is 36.8 Å². The van der Waals surface area contributed by atoms with Crippen molar-refractivity contribution in [3.05, 3.63) is 93.5 Å². The van der Waals surface area contributed by atoms with Gasteiger partial charge in [0, 0.05) is 34.1 Å². The number of carbonyl (C=O) groups excluding carboxylic acids is 1. The molecule has 0 aliphatic heterocycles. The first kappa shape index (κ1) is 22.5. The fourth-order valence-electron chi connectivity index (χ4n) is 3.12. The topological polar surface area (TPSA) is 103 Å². The van der Waals surface area contributed by atoms with E-state index in [1.54, 1.807) is 6.07 Å². The smallest absolute Gasteiger partial charge is 0.271 e. The zero-order chi connectivity index (χ0) is 23.4. The molecule has 10 heteroatoms. The van der Waals surface area contributed by atoms with Crippen molar-refractivity contribution >= 4 is 40.6 Å². The largest absolute Gasteiger partial charge is 0.325 e. The number of nitro benzene ring substituents is 1. The molecule has 0 aliphatic rings. The monoisotopic (exact) mass is 479 g/mol. The second-order valence-electron chi connectivity index (χ2n) is 7.09. The summed E-state index contributed by atoms with van der Waals surface area (Å²) in [6, 6.07) is 21.1. The van der Waals surface area contributed by atoms with Gasteiger partial charge in [0.2, 0.25) is 5.91 Å². The number of carbonyl (C=O) groups is 1. The standard InChI is InChI=1S/C23H18ClN5O3S/c1-15-10-11-16(12-20(15)24)22-26-27-23(28(22)18-7-3-2-4-8-18)33-14-21(30)25-17-6-5-9-19(13-17)29(31)32/h2-13H,14H2,1H3,(H,25,30). The molecule has 0 bridgehead atoms. The average Bonchev–Trinajstić information content (AvgIpc) is 3.24. The van der Waals surface area contributed by atoms with E-state index < -0.39 is 4.92 Å². The number of thioether (sulfide) groups is 1. The maximum Gasteiger partial charge on any atom is 0.271 e. The van der Waals surface area contributed by atoms with Gasteiger partial charge in [-0.3, -0.25) is 19.5 Å². The van der Waals surface area contributed by atoms with Crippen molar-refractivity contribution in [2.75, 3.05) is 11.1 Å². The van der Waals surface area contributed by atoms with Crippen LogP contribution < -0.4 is 5.32 Å². The Morgan fingerprint density at radius 1 is 1.09 bits per heavy atom. The number of aryl methyl sites for hydroxylation is 1. The van der Waals surface area contributed by atoms with Gasteiger partial charge in [-0.2, -0.15) is 0 Å². The third-order valence-electron chi connectivity index (χ3n) is 4.75. The lowest BCUT2D eigenvalue weighted by Crippen LogP contribution is -2.14. The van der Waals surface area contributed by atoms with E-state index in [0.717, 1.165) is 16.8 Å². The first-order chi connectivity index (χ1) is 15.9. The van der Waals surface area contributed by atoms with Gasteiger partial charge >= 0.3 is 0 Å². The molecular weight excluding hydrogens is 462 g/mol. The molecule has 1 aromatic heterocycles. The van der Waals surface area contributed by atoms with Crippen LogP contribution in [0.2, 0.25) is 5.02 Å². The predicted molar refractivity (Wildman–Crippen MR) is 129 cm³/mol. The number of amides is 1. The van der Waals surface area contributed by atoms with Gasteiger partial charge in [0.25, 0.3) is 5.69 Å². The Labute approximate surface area is 198 Å². The summed E-state index contributed by atoms with van der Waals surface area (Å²) in [7, 11) is 0. The van der Waals surface area contributed by atoms with Crippen LogP contribution in [-0.2, 0) is 4.79 Å². The fourth-order valence-corrected chi connectivity index (χ4v) is 4.05. The number of nitro groups is 1. The molecule has 8 nitrogen and oxygen atoms in total. The third kappa shape index (κ3) is 5.21. The lowest BCUT2D eigenvalue weighted by atomic mass is 10.1. The first-order valence-electron chi connectivity index (χ1n) is 9.87. The van der Waals surface area contributed by atoms with Crippen LogP contribution in [-0.4, -0.2) is 31.3 Å². The molecule has 166 valence electrons. The fraction of sp³-hybridized carbons (Fsp3) is 0.0870. The number of benzene rings is 3.